The summed E-state index contributed by atoms with van der Waals surface area (Å²) in [6.07, 6.45) is 2.08. The van der Waals surface area contributed by atoms with Gasteiger partial charge in [-0.15, -0.1) is 0 Å². The maximum atomic E-state index is 15.6. The second-order valence-corrected chi connectivity index (χ2v) is 10.2. The highest BCUT2D eigenvalue weighted by Crippen LogP contribution is 2.56. The van der Waals surface area contributed by atoms with Crippen LogP contribution in [0.1, 0.15) is 18.4 Å². The molecule has 1 amide bonds. The molecule has 3 aliphatic rings. The summed E-state index contributed by atoms with van der Waals surface area (Å²) in [5, 5.41) is 0. The molecule has 0 aromatic heterocycles. The van der Waals surface area contributed by atoms with E-state index in [2.05, 4.69) is 4.72 Å². The molecule has 1 saturated carbocycles. The maximum absolute atomic E-state index is 15.6. The predicted molar refractivity (Wildman–Crippen MR) is 122 cm³/mol. The van der Waals surface area contributed by atoms with Crippen molar-refractivity contribution in [1.29, 1.82) is 0 Å². The Morgan fingerprint density at radius 3 is 2.48 bits per heavy atom. The monoisotopic (exact) mass is 476 g/mol. The molecule has 0 radical (unpaired) electrons. The minimum Gasteiger partial charge on any atom is -0.379 e. The predicted octanol–water partition coefficient (Wildman–Crippen LogP) is 4.55. The molecule has 1 N–H and O–H groups in total. The van der Waals surface area contributed by atoms with Crippen LogP contribution in [0.2, 0.25) is 0 Å². The van der Waals surface area contributed by atoms with E-state index in [4.69, 9.17) is 4.74 Å². The number of halogens is 3. The van der Waals surface area contributed by atoms with Crippen molar-refractivity contribution in [2.45, 2.75) is 31.3 Å². The van der Waals surface area contributed by atoms with Gasteiger partial charge < -0.3 is 9.64 Å². The molecule has 2 atom stereocenters. The first-order valence-electron chi connectivity index (χ1n) is 11.2. The van der Waals surface area contributed by atoms with Crippen LogP contribution in [0.3, 0.4) is 0 Å². The Kier molecular flexibility index (Phi) is 6.18. The number of hydrogen-bond donors (Lipinski definition) is 1. The zero-order chi connectivity index (χ0) is 23.1. The van der Waals surface area contributed by atoms with Gasteiger partial charge in [0.25, 0.3) is 0 Å². The molecule has 176 valence electrons. The minimum absolute atomic E-state index is 0.0632. The summed E-state index contributed by atoms with van der Waals surface area (Å²) in [6, 6.07) is 13.4. The van der Waals surface area contributed by atoms with E-state index in [0.29, 0.717) is 17.7 Å². The van der Waals surface area contributed by atoms with Crippen molar-refractivity contribution in [3.63, 3.8) is 0 Å². The average molecular weight is 477 g/mol. The van der Waals surface area contributed by atoms with Gasteiger partial charge in [0.15, 0.2) is 0 Å². The Balaban J connectivity index is 1.48. The topological polar surface area (TPSA) is 41.6 Å². The van der Waals surface area contributed by atoms with E-state index in [0.717, 1.165) is 30.4 Å². The number of alkyl halides is 2. The third-order valence-corrected chi connectivity index (χ3v) is 7.94. The van der Waals surface area contributed by atoms with Gasteiger partial charge in [0.2, 0.25) is 5.91 Å². The summed E-state index contributed by atoms with van der Waals surface area (Å²) in [7, 11) is 0. The number of carbonyl (C=O) groups excluding carboxylic acids is 1. The quantitative estimate of drug-likeness (QED) is 0.568. The van der Waals surface area contributed by atoms with E-state index in [1.807, 2.05) is 36.4 Å². The van der Waals surface area contributed by atoms with Crippen molar-refractivity contribution in [2.75, 3.05) is 32.4 Å². The van der Waals surface area contributed by atoms with Gasteiger partial charge in [-0.3, -0.25) is 9.52 Å². The van der Waals surface area contributed by atoms with Crippen LogP contribution in [0, 0.1) is 16.6 Å². The van der Waals surface area contributed by atoms with Gasteiger partial charge in [0.05, 0.1) is 19.3 Å². The summed E-state index contributed by atoms with van der Waals surface area (Å²) in [6.45, 7) is -0.179. The highest BCUT2D eigenvalue weighted by Gasteiger charge is 2.63. The van der Waals surface area contributed by atoms with Crippen molar-refractivity contribution in [3.05, 3.63) is 59.9 Å². The number of amides is 1. The van der Waals surface area contributed by atoms with Gasteiger partial charge in [-0.1, -0.05) is 48.5 Å². The Labute approximate surface area is 196 Å². The second-order valence-electron chi connectivity index (χ2n) is 9.47. The molecule has 5 rings (SSSR count). The Morgan fingerprint density at radius 2 is 1.88 bits per heavy atom. The molecule has 1 aliphatic carbocycles. The van der Waals surface area contributed by atoms with Crippen LogP contribution in [-0.2, 0) is 16.0 Å². The molecule has 1 spiro atoms. The molecule has 4 nitrogen and oxygen atoms in total. The zero-order valence-corrected chi connectivity index (χ0v) is 19.1. The molecule has 2 aliphatic heterocycles. The third-order valence-electron chi connectivity index (χ3n) is 7.41. The normalized spacial score (nSPS) is 24.6. The molecular formula is C25H27F3N2O2S. The van der Waals surface area contributed by atoms with E-state index in [1.54, 1.807) is 17.0 Å². The molecule has 2 aromatic carbocycles. The molecule has 2 aromatic rings. The van der Waals surface area contributed by atoms with Gasteiger partial charge in [0.1, 0.15) is 23.9 Å². The van der Waals surface area contributed by atoms with Gasteiger partial charge in [-0.2, -0.15) is 0 Å². The summed E-state index contributed by atoms with van der Waals surface area (Å²) < 4.78 is 51.0. The first-order valence-corrected chi connectivity index (χ1v) is 12.2. The number of likely N-dealkylation sites (tertiary alicyclic amines) is 1. The summed E-state index contributed by atoms with van der Waals surface area (Å²) in [5.41, 5.74) is 0.452. The standard InChI is InChI=1S/C25H27F3N2O2S/c26-12-25(14-32-15-25)23(31)30-13-24(9-10-24)22(29-33-16-27)20(30)11-18-7-4-8-19(21(18)28)17-5-2-1-3-6-17/h1-8,20,22,29H,9-16H2. The average Bonchev–Trinajstić information content (AvgIpc) is 3.52. The highest BCUT2D eigenvalue weighted by atomic mass is 32.2. The fourth-order valence-electron chi connectivity index (χ4n) is 5.26. The highest BCUT2D eigenvalue weighted by molar-refractivity contribution is 7.97. The van der Waals surface area contributed by atoms with Crippen molar-refractivity contribution < 1.29 is 22.7 Å². The van der Waals surface area contributed by atoms with E-state index in [-0.39, 0.29) is 42.8 Å². The number of hydrogen-bond acceptors (Lipinski definition) is 4. The van der Waals surface area contributed by atoms with Crippen LogP contribution in [0.5, 0.6) is 0 Å². The fourth-order valence-corrected chi connectivity index (χ4v) is 5.91. The zero-order valence-electron chi connectivity index (χ0n) is 18.2. The fraction of sp³-hybridized carbons (Fsp3) is 0.480. The van der Waals surface area contributed by atoms with Crippen LogP contribution < -0.4 is 4.72 Å². The number of carbonyl (C=O) groups is 1. The SMILES string of the molecule is O=C(N1CC2(CC2)C(NSCF)C1Cc1cccc(-c2ccccc2)c1F)C1(CF)COC1. The molecule has 2 unspecified atom stereocenters. The van der Waals surface area contributed by atoms with E-state index < -0.39 is 24.1 Å². The molecule has 0 bridgehead atoms. The van der Waals surface area contributed by atoms with E-state index >= 15 is 4.39 Å². The minimum atomic E-state index is -1.15. The Bertz CT molecular complexity index is 1010. The summed E-state index contributed by atoms with van der Waals surface area (Å²) in [5.74, 6) is -0.599. The molecule has 33 heavy (non-hydrogen) atoms. The van der Waals surface area contributed by atoms with E-state index in [1.165, 1.54) is 0 Å². The van der Waals surface area contributed by atoms with Gasteiger partial charge in [-0.05, 0) is 42.3 Å². The number of nitrogens with zero attached hydrogens (tertiary/aromatic N) is 1. The van der Waals surface area contributed by atoms with Crippen LogP contribution in [0.15, 0.2) is 48.5 Å². The Morgan fingerprint density at radius 1 is 1.12 bits per heavy atom. The van der Waals surface area contributed by atoms with Crippen molar-refractivity contribution in [1.82, 2.24) is 9.62 Å². The van der Waals surface area contributed by atoms with Crippen molar-refractivity contribution >= 4 is 17.9 Å². The van der Waals surface area contributed by atoms with Gasteiger partial charge in [0, 0.05) is 23.6 Å². The smallest absolute Gasteiger partial charge is 0.236 e. The molecular weight excluding hydrogens is 449 g/mol. The number of nitrogens with one attached hydrogen (secondary N) is 1. The second kappa shape index (κ2) is 8.96. The lowest BCUT2D eigenvalue weighted by Gasteiger charge is -2.42. The number of benzene rings is 2. The van der Waals surface area contributed by atoms with Crippen molar-refractivity contribution in [3.8, 4) is 11.1 Å². The molecule has 8 heteroatoms. The molecule has 2 heterocycles. The van der Waals surface area contributed by atoms with Crippen molar-refractivity contribution in [2.24, 2.45) is 10.8 Å². The maximum Gasteiger partial charge on any atom is 0.236 e. The molecule has 3 fully saturated rings. The van der Waals surface area contributed by atoms with Crippen LogP contribution >= 0.6 is 11.9 Å². The largest absolute Gasteiger partial charge is 0.379 e. The first kappa shape index (κ1) is 22.7. The number of ether oxygens (including phenoxy) is 1. The Hall–Kier alpha value is -2.03. The lowest BCUT2D eigenvalue weighted by molar-refractivity contribution is -0.176. The summed E-state index contributed by atoms with van der Waals surface area (Å²) >= 11 is 0.966. The lowest BCUT2D eigenvalue weighted by atomic mass is 9.85. The van der Waals surface area contributed by atoms with E-state index in [9.17, 15) is 13.6 Å². The van der Waals surface area contributed by atoms with Crippen LogP contribution in [0.4, 0.5) is 13.2 Å². The lowest BCUT2D eigenvalue weighted by Crippen LogP contribution is -2.59. The molecule has 2 saturated heterocycles. The van der Waals surface area contributed by atoms with Crippen LogP contribution in [0.25, 0.3) is 11.1 Å². The third kappa shape index (κ3) is 3.96. The number of rotatable bonds is 8. The first-order chi connectivity index (χ1) is 16.0. The van der Waals surface area contributed by atoms with Gasteiger partial charge in [-0.25, -0.2) is 13.2 Å². The van der Waals surface area contributed by atoms with Gasteiger partial charge >= 0.3 is 0 Å². The summed E-state index contributed by atoms with van der Waals surface area (Å²) in [4.78, 5) is 15.2. The van der Waals surface area contributed by atoms with Crippen LogP contribution in [-0.4, -0.2) is 55.3 Å².